The van der Waals surface area contributed by atoms with Crippen molar-refractivity contribution in [2.45, 2.75) is 44.7 Å². The molecule has 1 unspecified atom stereocenters. The second-order valence-corrected chi connectivity index (χ2v) is 4.75. The van der Waals surface area contributed by atoms with Crippen LogP contribution in [0.15, 0.2) is 6.20 Å². The van der Waals surface area contributed by atoms with E-state index in [4.69, 9.17) is 5.73 Å². The van der Waals surface area contributed by atoms with Crippen LogP contribution < -0.4 is 11.1 Å². The summed E-state index contributed by atoms with van der Waals surface area (Å²) in [5, 5.41) is 7.94. The van der Waals surface area contributed by atoms with Gasteiger partial charge in [-0.2, -0.15) is 5.10 Å². The lowest BCUT2D eigenvalue weighted by Gasteiger charge is -2.21. The van der Waals surface area contributed by atoms with Crippen molar-refractivity contribution >= 4 is 0 Å². The summed E-state index contributed by atoms with van der Waals surface area (Å²) in [6.45, 7) is 2.74. The van der Waals surface area contributed by atoms with Gasteiger partial charge in [-0.1, -0.05) is 12.8 Å². The van der Waals surface area contributed by atoms with Gasteiger partial charge in [0.25, 0.3) is 0 Å². The van der Waals surface area contributed by atoms with Gasteiger partial charge in [0.05, 0.1) is 6.20 Å². The van der Waals surface area contributed by atoms with E-state index in [1.54, 1.807) is 0 Å². The minimum absolute atomic E-state index is 0.261. The van der Waals surface area contributed by atoms with E-state index >= 15 is 0 Å². The van der Waals surface area contributed by atoms with Crippen molar-refractivity contribution in [1.82, 2.24) is 15.1 Å². The first-order valence-electron chi connectivity index (χ1n) is 6.17. The number of nitrogens with one attached hydrogen (secondary N) is 1. The predicted molar refractivity (Wildman–Crippen MR) is 65.1 cm³/mol. The van der Waals surface area contributed by atoms with Crippen molar-refractivity contribution in [1.29, 1.82) is 0 Å². The molecule has 4 nitrogen and oxygen atoms in total. The molecule has 0 aromatic carbocycles. The lowest BCUT2D eigenvalue weighted by molar-refractivity contribution is 0.443. The number of hydrogen-bond acceptors (Lipinski definition) is 3. The molecule has 3 N–H and O–H groups in total. The van der Waals surface area contributed by atoms with Gasteiger partial charge in [0.15, 0.2) is 0 Å². The quantitative estimate of drug-likeness (QED) is 0.806. The summed E-state index contributed by atoms with van der Waals surface area (Å²) in [5.41, 5.74) is 8.32. The molecular weight excluding hydrogens is 200 g/mol. The Hall–Kier alpha value is -0.870. The standard InChI is InChI=1S/C12H22N4/c1-9-11(8-14-16(9)2)12(7-13)15-10-5-3-4-6-10/h8,10,12,15H,3-7,13H2,1-2H3. The van der Waals surface area contributed by atoms with E-state index in [0.717, 1.165) is 0 Å². The molecule has 0 amide bonds. The van der Waals surface area contributed by atoms with E-state index in [2.05, 4.69) is 17.3 Å². The van der Waals surface area contributed by atoms with Crippen LogP contribution in [0.4, 0.5) is 0 Å². The molecule has 0 aliphatic heterocycles. The van der Waals surface area contributed by atoms with Crippen molar-refractivity contribution < 1.29 is 0 Å². The van der Waals surface area contributed by atoms with Crippen LogP contribution in [0.5, 0.6) is 0 Å². The van der Waals surface area contributed by atoms with Crippen molar-refractivity contribution in [3.8, 4) is 0 Å². The maximum absolute atomic E-state index is 5.86. The lowest BCUT2D eigenvalue weighted by Crippen LogP contribution is -2.35. The van der Waals surface area contributed by atoms with Crippen LogP contribution in [0.2, 0.25) is 0 Å². The van der Waals surface area contributed by atoms with Gasteiger partial charge >= 0.3 is 0 Å². The summed E-state index contributed by atoms with van der Waals surface area (Å²) in [6, 6.07) is 0.907. The number of nitrogens with two attached hydrogens (primary N) is 1. The van der Waals surface area contributed by atoms with Crippen molar-refractivity contribution in [3.63, 3.8) is 0 Å². The SMILES string of the molecule is Cc1c(C(CN)NC2CCCC2)cnn1C. The van der Waals surface area contributed by atoms with Crippen molar-refractivity contribution in [2.24, 2.45) is 12.8 Å². The molecule has 1 aromatic heterocycles. The zero-order valence-corrected chi connectivity index (χ0v) is 10.2. The Balaban J connectivity index is 2.06. The Morgan fingerprint density at radius 2 is 2.25 bits per heavy atom. The third-order valence-corrected chi connectivity index (χ3v) is 3.68. The number of hydrogen-bond donors (Lipinski definition) is 2. The molecule has 1 heterocycles. The van der Waals surface area contributed by atoms with Crippen molar-refractivity contribution in [2.75, 3.05) is 6.54 Å². The molecule has 1 atom stereocenters. The van der Waals surface area contributed by atoms with Gasteiger partial charge < -0.3 is 11.1 Å². The fourth-order valence-electron chi connectivity index (χ4n) is 2.52. The number of aryl methyl sites for hydroxylation is 1. The molecule has 90 valence electrons. The van der Waals surface area contributed by atoms with Gasteiger partial charge in [-0.3, -0.25) is 4.68 Å². The average Bonchev–Trinajstić information content (AvgIpc) is 2.88. The normalized spacial score (nSPS) is 19.2. The highest BCUT2D eigenvalue weighted by atomic mass is 15.3. The molecule has 1 fully saturated rings. The molecule has 1 aliphatic carbocycles. The van der Waals surface area contributed by atoms with Crippen LogP contribution in [-0.2, 0) is 7.05 Å². The van der Waals surface area contributed by atoms with Crippen LogP contribution >= 0.6 is 0 Å². The highest BCUT2D eigenvalue weighted by Crippen LogP contribution is 2.23. The van der Waals surface area contributed by atoms with E-state index < -0.39 is 0 Å². The van der Waals surface area contributed by atoms with Crippen LogP contribution in [0.25, 0.3) is 0 Å². The summed E-state index contributed by atoms with van der Waals surface area (Å²) < 4.78 is 1.91. The molecule has 1 aliphatic rings. The summed E-state index contributed by atoms with van der Waals surface area (Å²) in [5.74, 6) is 0. The van der Waals surface area contributed by atoms with Crippen LogP contribution in [-0.4, -0.2) is 22.4 Å². The third-order valence-electron chi connectivity index (χ3n) is 3.68. The van der Waals surface area contributed by atoms with Crippen LogP contribution in [0.1, 0.15) is 43.0 Å². The molecule has 0 bridgehead atoms. The van der Waals surface area contributed by atoms with Crippen molar-refractivity contribution in [3.05, 3.63) is 17.5 Å². The molecule has 2 rings (SSSR count). The summed E-state index contributed by atoms with van der Waals surface area (Å²) in [4.78, 5) is 0. The van der Waals surface area contributed by atoms with E-state index in [1.807, 2.05) is 17.9 Å². The molecule has 0 saturated heterocycles. The first-order valence-corrected chi connectivity index (χ1v) is 6.17. The van der Waals surface area contributed by atoms with Gasteiger partial charge in [0.1, 0.15) is 0 Å². The summed E-state index contributed by atoms with van der Waals surface area (Å²) in [7, 11) is 1.97. The molecular formula is C12H22N4. The third kappa shape index (κ3) is 2.28. The van der Waals surface area contributed by atoms with E-state index in [0.29, 0.717) is 12.6 Å². The first kappa shape index (κ1) is 11.6. The minimum atomic E-state index is 0.261. The maximum atomic E-state index is 5.86. The van der Waals surface area contributed by atoms with Gasteiger partial charge in [0.2, 0.25) is 0 Å². The Bertz CT molecular complexity index is 339. The Kier molecular flexibility index (Phi) is 3.61. The zero-order valence-electron chi connectivity index (χ0n) is 10.2. The van der Waals surface area contributed by atoms with E-state index in [9.17, 15) is 0 Å². The van der Waals surface area contributed by atoms with Gasteiger partial charge in [-0.15, -0.1) is 0 Å². The van der Waals surface area contributed by atoms with E-state index in [-0.39, 0.29) is 6.04 Å². The number of nitrogens with zero attached hydrogens (tertiary/aromatic N) is 2. The van der Waals surface area contributed by atoms with E-state index in [1.165, 1.54) is 36.9 Å². The van der Waals surface area contributed by atoms with Crippen LogP contribution in [0, 0.1) is 6.92 Å². The molecule has 1 aromatic rings. The van der Waals surface area contributed by atoms with Gasteiger partial charge in [-0.25, -0.2) is 0 Å². The Labute approximate surface area is 97.2 Å². The maximum Gasteiger partial charge on any atom is 0.0540 e. The minimum Gasteiger partial charge on any atom is -0.329 e. The first-order chi connectivity index (χ1) is 7.72. The predicted octanol–water partition coefficient (Wildman–Crippen LogP) is 1.26. The number of aromatic nitrogens is 2. The second kappa shape index (κ2) is 4.97. The smallest absolute Gasteiger partial charge is 0.0540 e. The molecule has 4 heteroatoms. The average molecular weight is 222 g/mol. The fraction of sp³-hybridized carbons (Fsp3) is 0.750. The lowest BCUT2D eigenvalue weighted by atomic mass is 10.1. The largest absolute Gasteiger partial charge is 0.329 e. The van der Waals surface area contributed by atoms with Gasteiger partial charge in [-0.05, 0) is 19.8 Å². The van der Waals surface area contributed by atoms with Crippen LogP contribution in [0.3, 0.4) is 0 Å². The summed E-state index contributed by atoms with van der Waals surface area (Å²) in [6.07, 6.45) is 7.21. The molecule has 0 radical (unpaired) electrons. The fourth-order valence-corrected chi connectivity index (χ4v) is 2.52. The molecule has 0 spiro atoms. The highest BCUT2D eigenvalue weighted by Gasteiger charge is 2.21. The van der Waals surface area contributed by atoms with Gasteiger partial charge in [0, 0.05) is 36.9 Å². The molecule has 1 saturated carbocycles. The Morgan fingerprint density at radius 3 is 2.75 bits per heavy atom. The topological polar surface area (TPSA) is 55.9 Å². The zero-order chi connectivity index (χ0) is 11.5. The number of rotatable bonds is 4. The molecule has 16 heavy (non-hydrogen) atoms. The monoisotopic (exact) mass is 222 g/mol. The highest BCUT2D eigenvalue weighted by molar-refractivity contribution is 5.21. The Morgan fingerprint density at radius 1 is 1.56 bits per heavy atom. The second-order valence-electron chi connectivity index (χ2n) is 4.75. The summed E-state index contributed by atoms with van der Waals surface area (Å²) >= 11 is 0.